The average Bonchev–Trinajstić information content (AvgIpc) is 2.98. The summed E-state index contributed by atoms with van der Waals surface area (Å²) in [6, 6.07) is 11.5. The Balaban J connectivity index is 1.98. The van der Waals surface area contributed by atoms with Crippen LogP contribution < -0.4 is 4.90 Å². The second-order valence-corrected chi connectivity index (χ2v) is 6.01. The van der Waals surface area contributed by atoms with E-state index in [0.29, 0.717) is 5.56 Å². The van der Waals surface area contributed by atoms with Crippen LogP contribution in [0.4, 0.5) is 5.69 Å². The molecule has 0 bridgehead atoms. The molecule has 21 heavy (non-hydrogen) atoms. The monoisotopic (exact) mass is 283 g/mol. The number of anilines is 1. The lowest BCUT2D eigenvalue weighted by Crippen LogP contribution is -2.24. The number of hydrogen-bond donors (Lipinski definition) is 1. The van der Waals surface area contributed by atoms with Gasteiger partial charge in [0, 0.05) is 24.7 Å². The highest BCUT2D eigenvalue weighted by Gasteiger charge is 2.19. The molecule has 0 unspecified atom stereocenters. The molecule has 0 spiro atoms. The van der Waals surface area contributed by atoms with Gasteiger partial charge < -0.3 is 10.0 Å². The second kappa shape index (κ2) is 5.76. The van der Waals surface area contributed by atoms with Gasteiger partial charge in [-0.25, -0.2) is 4.79 Å². The van der Waals surface area contributed by atoms with Crippen LogP contribution in [0.15, 0.2) is 36.4 Å². The minimum atomic E-state index is -0.865. The summed E-state index contributed by atoms with van der Waals surface area (Å²) in [4.78, 5) is 13.6. The Kier molecular flexibility index (Phi) is 3.82. The fourth-order valence-corrected chi connectivity index (χ4v) is 3.48. The molecule has 1 N–H and O–H groups in total. The quantitative estimate of drug-likeness (QED) is 0.915. The molecule has 2 aromatic carbocycles. The number of benzene rings is 2. The Labute approximate surface area is 125 Å². The molecule has 2 aromatic rings. The maximum absolute atomic E-state index is 11.4. The number of fused-ring (bicyclic) bond motifs is 1. The van der Waals surface area contributed by atoms with Crippen molar-refractivity contribution in [3.8, 4) is 0 Å². The Bertz CT molecular complexity index is 659. The van der Waals surface area contributed by atoms with Crippen molar-refractivity contribution in [1.82, 2.24) is 0 Å². The summed E-state index contributed by atoms with van der Waals surface area (Å²) < 4.78 is 0. The average molecular weight is 283 g/mol. The highest BCUT2D eigenvalue weighted by molar-refractivity contribution is 6.07. The highest BCUT2D eigenvalue weighted by atomic mass is 16.4. The summed E-state index contributed by atoms with van der Waals surface area (Å²) in [6.45, 7) is 1.05. The van der Waals surface area contributed by atoms with Crippen LogP contribution in [-0.4, -0.2) is 24.7 Å². The molecule has 3 heteroatoms. The zero-order valence-corrected chi connectivity index (χ0v) is 12.4. The van der Waals surface area contributed by atoms with Crippen LogP contribution in [0.3, 0.4) is 0 Å². The van der Waals surface area contributed by atoms with E-state index in [1.165, 1.54) is 25.7 Å². The van der Waals surface area contributed by atoms with E-state index in [1.54, 1.807) is 6.07 Å². The van der Waals surface area contributed by atoms with E-state index in [0.717, 1.165) is 28.9 Å². The molecule has 1 aliphatic rings. The van der Waals surface area contributed by atoms with Gasteiger partial charge in [-0.15, -0.1) is 0 Å². The zero-order valence-electron chi connectivity index (χ0n) is 12.4. The Morgan fingerprint density at radius 2 is 1.81 bits per heavy atom. The summed E-state index contributed by atoms with van der Waals surface area (Å²) in [5.41, 5.74) is 1.51. The van der Waals surface area contributed by atoms with Gasteiger partial charge in [-0.2, -0.15) is 0 Å². The van der Waals surface area contributed by atoms with Gasteiger partial charge in [0.1, 0.15) is 0 Å². The first-order valence-electron chi connectivity index (χ1n) is 7.63. The van der Waals surface area contributed by atoms with Gasteiger partial charge in [-0.05, 0) is 36.3 Å². The summed E-state index contributed by atoms with van der Waals surface area (Å²) in [5, 5.41) is 11.2. The van der Waals surface area contributed by atoms with Crippen molar-refractivity contribution in [2.24, 2.45) is 5.92 Å². The zero-order chi connectivity index (χ0) is 14.8. The fourth-order valence-electron chi connectivity index (χ4n) is 3.48. The topological polar surface area (TPSA) is 40.5 Å². The molecule has 1 fully saturated rings. The molecule has 3 nitrogen and oxygen atoms in total. The second-order valence-electron chi connectivity index (χ2n) is 6.01. The molecule has 0 aliphatic heterocycles. The van der Waals surface area contributed by atoms with Gasteiger partial charge in [0.15, 0.2) is 0 Å². The normalized spacial score (nSPS) is 15.5. The van der Waals surface area contributed by atoms with Crippen LogP contribution in [-0.2, 0) is 0 Å². The Hall–Kier alpha value is -2.03. The standard InChI is InChI=1S/C18H21NO2/c1-19(12-13-6-2-3-7-13)17-11-10-16(18(20)21)14-8-4-5-9-15(14)17/h4-5,8-11,13H,2-3,6-7,12H2,1H3,(H,20,21). The number of carboxylic acids is 1. The first-order chi connectivity index (χ1) is 10.2. The molecule has 1 aliphatic carbocycles. The summed E-state index contributed by atoms with van der Waals surface area (Å²) in [7, 11) is 2.11. The Morgan fingerprint density at radius 1 is 1.14 bits per heavy atom. The minimum absolute atomic E-state index is 0.378. The highest BCUT2D eigenvalue weighted by Crippen LogP contribution is 2.32. The number of aromatic carboxylic acids is 1. The number of nitrogens with zero attached hydrogens (tertiary/aromatic N) is 1. The molecule has 1 saturated carbocycles. The van der Waals surface area contributed by atoms with Crippen molar-refractivity contribution in [2.45, 2.75) is 25.7 Å². The van der Waals surface area contributed by atoms with Crippen LogP contribution >= 0.6 is 0 Å². The molecular weight excluding hydrogens is 262 g/mol. The van der Waals surface area contributed by atoms with E-state index >= 15 is 0 Å². The SMILES string of the molecule is CN(CC1CCCC1)c1ccc(C(=O)O)c2ccccc12. The van der Waals surface area contributed by atoms with Gasteiger partial charge in [-0.1, -0.05) is 37.1 Å². The van der Waals surface area contributed by atoms with E-state index in [1.807, 2.05) is 30.3 Å². The molecule has 0 heterocycles. The van der Waals surface area contributed by atoms with E-state index in [-0.39, 0.29) is 0 Å². The molecule has 3 rings (SSSR count). The summed E-state index contributed by atoms with van der Waals surface area (Å²) in [5.74, 6) is -0.0934. The van der Waals surface area contributed by atoms with E-state index in [2.05, 4.69) is 11.9 Å². The van der Waals surface area contributed by atoms with Crippen molar-refractivity contribution in [1.29, 1.82) is 0 Å². The third-order valence-corrected chi connectivity index (χ3v) is 4.55. The third-order valence-electron chi connectivity index (χ3n) is 4.55. The molecule has 0 aromatic heterocycles. The maximum atomic E-state index is 11.4. The van der Waals surface area contributed by atoms with Gasteiger partial charge >= 0.3 is 5.97 Å². The van der Waals surface area contributed by atoms with Crippen molar-refractivity contribution < 1.29 is 9.90 Å². The molecule has 0 saturated heterocycles. The van der Waals surface area contributed by atoms with Crippen molar-refractivity contribution in [3.63, 3.8) is 0 Å². The predicted molar refractivity (Wildman–Crippen MR) is 86.1 cm³/mol. The van der Waals surface area contributed by atoms with Crippen LogP contribution in [0, 0.1) is 5.92 Å². The van der Waals surface area contributed by atoms with Gasteiger partial charge in [-0.3, -0.25) is 0 Å². The lowest BCUT2D eigenvalue weighted by Gasteiger charge is -2.25. The van der Waals surface area contributed by atoms with Crippen LogP contribution in [0.2, 0.25) is 0 Å². The number of carboxylic acid groups (broad SMARTS) is 1. The van der Waals surface area contributed by atoms with Gasteiger partial charge in [0.25, 0.3) is 0 Å². The van der Waals surface area contributed by atoms with E-state index < -0.39 is 5.97 Å². The fraction of sp³-hybridized carbons (Fsp3) is 0.389. The summed E-state index contributed by atoms with van der Waals surface area (Å²) in [6.07, 6.45) is 5.32. The van der Waals surface area contributed by atoms with Crippen molar-refractivity contribution in [2.75, 3.05) is 18.5 Å². The molecule has 0 radical (unpaired) electrons. The molecule has 110 valence electrons. The maximum Gasteiger partial charge on any atom is 0.336 e. The summed E-state index contributed by atoms with van der Waals surface area (Å²) >= 11 is 0. The predicted octanol–water partition coefficient (Wildman–Crippen LogP) is 4.16. The van der Waals surface area contributed by atoms with Gasteiger partial charge in [0.2, 0.25) is 0 Å². The molecule has 0 atom stereocenters. The number of carbonyl (C=O) groups is 1. The van der Waals surface area contributed by atoms with Crippen molar-refractivity contribution in [3.05, 3.63) is 42.0 Å². The first kappa shape index (κ1) is 13.9. The number of hydrogen-bond acceptors (Lipinski definition) is 2. The van der Waals surface area contributed by atoms with Crippen LogP contribution in [0.1, 0.15) is 36.0 Å². The lowest BCUT2D eigenvalue weighted by atomic mass is 10.0. The smallest absolute Gasteiger partial charge is 0.336 e. The van der Waals surface area contributed by atoms with E-state index in [4.69, 9.17) is 0 Å². The largest absolute Gasteiger partial charge is 0.478 e. The number of rotatable bonds is 4. The molecular formula is C18H21NO2. The minimum Gasteiger partial charge on any atom is -0.478 e. The van der Waals surface area contributed by atoms with Crippen molar-refractivity contribution >= 4 is 22.4 Å². The van der Waals surface area contributed by atoms with Crippen LogP contribution in [0.5, 0.6) is 0 Å². The Morgan fingerprint density at radius 3 is 2.48 bits per heavy atom. The van der Waals surface area contributed by atoms with E-state index in [9.17, 15) is 9.90 Å². The first-order valence-corrected chi connectivity index (χ1v) is 7.63. The molecule has 0 amide bonds. The van der Waals surface area contributed by atoms with Crippen LogP contribution in [0.25, 0.3) is 10.8 Å². The third kappa shape index (κ3) is 2.73. The lowest BCUT2D eigenvalue weighted by molar-refractivity contribution is 0.0699. The van der Waals surface area contributed by atoms with Gasteiger partial charge in [0.05, 0.1) is 5.56 Å².